The molecule has 0 aliphatic heterocycles. The number of rotatable bonds is 12. The Hall–Kier alpha value is -3.56. The molecule has 39 heavy (non-hydrogen) atoms. The van der Waals surface area contributed by atoms with Gasteiger partial charge < -0.3 is 15.0 Å². The molecule has 0 radical (unpaired) electrons. The van der Waals surface area contributed by atoms with E-state index in [1.165, 1.54) is 4.90 Å². The molecule has 0 aliphatic carbocycles. The van der Waals surface area contributed by atoms with Crippen LogP contribution in [-0.4, -0.2) is 50.0 Å². The minimum Gasteiger partial charge on any atom is -0.457 e. The molecule has 0 bridgehead atoms. The van der Waals surface area contributed by atoms with E-state index in [1.807, 2.05) is 44.2 Å². The summed E-state index contributed by atoms with van der Waals surface area (Å²) < 4.78 is 32.4. The molecule has 0 aliphatic rings. The molecule has 3 rings (SSSR count). The highest BCUT2D eigenvalue weighted by Crippen LogP contribution is 2.26. The van der Waals surface area contributed by atoms with Crippen molar-refractivity contribution in [1.82, 2.24) is 10.2 Å². The predicted molar refractivity (Wildman–Crippen MR) is 155 cm³/mol. The average Bonchev–Trinajstić information content (AvgIpc) is 2.91. The fourth-order valence-corrected chi connectivity index (χ4v) is 4.82. The number of hydrogen-bond donors (Lipinski definition) is 1. The van der Waals surface area contributed by atoms with Gasteiger partial charge >= 0.3 is 0 Å². The Bertz CT molecular complexity index is 1370. The first kappa shape index (κ1) is 30.0. The van der Waals surface area contributed by atoms with E-state index in [0.29, 0.717) is 27.8 Å². The van der Waals surface area contributed by atoms with Crippen molar-refractivity contribution in [3.8, 4) is 11.5 Å². The summed E-state index contributed by atoms with van der Waals surface area (Å²) in [5.74, 6) is 0.274. The lowest BCUT2D eigenvalue weighted by Crippen LogP contribution is -2.52. The number of benzene rings is 3. The molecule has 0 saturated heterocycles. The summed E-state index contributed by atoms with van der Waals surface area (Å²) in [6, 6.07) is 21.7. The molecule has 2 atom stereocenters. The third-order valence-corrected chi connectivity index (χ3v) is 7.76. The first-order valence-corrected chi connectivity index (χ1v) is 14.9. The summed E-state index contributed by atoms with van der Waals surface area (Å²) in [7, 11) is -3.85. The normalized spacial score (nSPS) is 12.7. The number of ether oxygens (including phenoxy) is 1. The SMILES string of the molecule is CC[C@H](C)NC(=O)[C@H](C)N(Cc1ccccc1Cl)C(=O)CN(c1ccc(Oc2ccccc2)cc1)S(C)(=O)=O. The zero-order valence-electron chi connectivity index (χ0n) is 22.5. The van der Waals surface area contributed by atoms with Crippen LogP contribution in [0.5, 0.6) is 11.5 Å². The Morgan fingerprint density at radius 1 is 0.923 bits per heavy atom. The maximum Gasteiger partial charge on any atom is 0.244 e. The molecule has 3 aromatic carbocycles. The van der Waals surface area contributed by atoms with E-state index in [1.54, 1.807) is 55.5 Å². The van der Waals surface area contributed by atoms with Crippen molar-refractivity contribution in [3.63, 3.8) is 0 Å². The quantitative estimate of drug-likeness (QED) is 0.321. The lowest BCUT2D eigenvalue weighted by Gasteiger charge is -2.32. The lowest BCUT2D eigenvalue weighted by molar-refractivity contribution is -0.139. The summed E-state index contributed by atoms with van der Waals surface area (Å²) in [5, 5.41) is 3.34. The van der Waals surface area contributed by atoms with Crippen LogP contribution in [0.2, 0.25) is 5.02 Å². The number of nitrogens with zero attached hydrogens (tertiary/aromatic N) is 2. The highest BCUT2D eigenvalue weighted by atomic mass is 35.5. The van der Waals surface area contributed by atoms with Crippen molar-refractivity contribution in [2.75, 3.05) is 17.1 Å². The van der Waals surface area contributed by atoms with Gasteiger partial charge in [-0.3, -0.25) is 13.9 Å². The van der Waals surface area contributed by atoms with Crippen LogP contribution in [0.25, 0.3) is 0 Å². The Balaban J connectivity index is 1.87. The smallest absolute Gasteiger partial charge is 0.244 e. The van der Waals surface area contributed by atoms with Gasteiger partial charge in [0.2, 0.25) is 21.8 Å². The number of anilines is 1. The topological polar surface area (TPSA) is 96.0 Å². The van der Waals surface area contributed by atoms with Crippen molar-refractivity contribution in [3.05, 3.63) is 89.4 Å². The van der Waals surface area contributed by atoms with Crippen LogP contribution in [-0.2, 0) is 26.2 Å². The Morgan fingerprint density at radius 3 is 2.10 bits per heavy atom. The van der Waals surface area contributed by atoms with E-state index in [9.17, 15) is 18.0 Å². The minimum atomic E-state index is -3.85. The lowest BCUT2D eigenvalue weighted by atomic mass is 10.1. The molecule has 0 spiro atoms. The van der Waals surface area contributed by atoms with E-state index in [-0.39, 0.29) is 18.5 Å². The Morgan fingerprint density at radius 2 is 1.51 bits per heavy atom. The third-order valence-electron chi connectivity index (χ3n) is 6.25. The number of hydrogen-bond acceptors (Lipinski definition) is 5. The molecule has 208 valence electrons. The predicted octanol–water partition coefficient (Wildman–Crippen LogP) is 5.23. The second-order valence-corrected chi connectivity index (χ2v) is 11.6. The molecule has 2 amide bonds. The van der Waals surface area contributed by atoms with Crippen molar-refractivity contribution in [1.29, 1.82) is 0 Å². The van der Waals surface area contributed by atoms with E-state index in [2.05, 4.69) is 5.32 Å². The fourth-order valence-electron chi connectivity index (χ4n) is 3.78. The summed E-state index contributed by atoms with van der Waals surface area (Å²) >= 11 is 6.35. The molecule has 10 heteroatoms. The number of carbonyl (C=O) groups is 2. The number of halogens is 1. The molecule has 0 aromatic heterocycles. The number of sulfonamides is 1. The highest BCUT2D eigenvalue weighted by molar-refractivity contribution is 7.92. The molecular weight excluding hydrogens is 538 g/mol. The molecular formula is C29H34ClN3O5S. The van der Waals surface area contributed by atoms with E-state index in [4.69, 9.17) is 16.3 Å². The van der Waals surface area contributed by atoms with Crippen LogP contribution in [0, 0.1) is 0 Å². The Labute approximate surface area is 235 Å². The first-order valence-electron chi connectivity index (χ1n) is 12.6. The standard InChI is InChI=1S/C29H34ClN3O5S/c1-5-21(2)31-29(35)22(3)32(19-23-11-9-10-14-27(23)30)28(34)20-33(39(4,36)37)24-15-17-26(18-16-24)38-25-12-7-6-8-13-25/h6-18,21-22H,5,19-20H2,1-4H3,(H,31,35)/t21-,22-/m0/s1. The molecule has 0 unspecified atom stereocenters. The molecule has 0 saturated carbocycles. The molecule has 0 fully saturated rings. The molecule has 0 heterocycles. The molecule has 1 N–H and O–H groups in total. The average molecular weight is 572 g/mol. The Kier molecular flexibility index (Phi) is 10.4. The molecule has 3 aromatic rings. The van der Waals surface area contributed by atoms with Gasteiger partial charge in [0.05, 0.1) is 11.9 Å². The van der Waals surface area contributed by atoms with Crippen LogP contribution in [0.3, 0.4) is 0 Å². The van der Waals surface area contributed by atoms with Crippen molar-refractivity contribution in [2.45, 2.75) is 45.8 Å². The fraction of sp³-hybridized carbons (Fsp3) is 0.310. The van der Waals surface area contributed by atoms with Gasteiger partial charge in [0.25, 0.3) is 0 Å². The second-order valence-electron chi connectivity index (χ2n) is 9.29. The zero-order chi connectivity index (χ0) is 28.6. The third kappa shape index (κ3) is 8.46. The summed E-state index contributed by atoms with van der Waals surface area (Å²) in [6.07, 6.45) is 1.76. The maximum atomic E-state index is 13.7. The number of nitrogens with one attached hydrogen (secondary N) is 1. The number of amides is 2. The largest absolute Gasteiger partial charge is 0.457 e. The van der Waals surface area contributed by atoms with Gasteiger partial charge in [0, 0.05) is 17.6 Å². The number of carbonyl (C=O) groups excluding carboxylic acids is 2. The van der Waals surface area contributed by atoms with Gasteiger partial charge in [0.1, 0.15) is 24.1 Å². The highest BCUT2D eigenvalue weighted by Gasteiger charge is 2.30. The van der Waals surface area contributed by atoms with Crippen molar-refractivity contribution in [2.24, 2.45) is 0 Å². The van der Waals surface area contributed by atoms with Gasteiger partial charge in [-0.25, -0.2) is 8.42 Å². The van der Waals surface area contributed by atoms with E-state index in [0.717, 1.165) is 17.0 Å². The van der Waals surface area contributed by atoms with Crippen LogP contribution < -0.4 is 14.4 Å². The monoisotopic (exact) mass is 571 g/mol. The first-order chi connectivity index (χ1) is 18.5. The second kappa shape index (κ2) is 13.5. The van der Waals surface area contributed by atoms with E-state index >= 15 is 0 Å². The van der Waals surface area contributed by atoms with E-state index < -0.39 is 28.5 Å². The summed E-state index contributed by atoms with van der Waals surface area (Å²) in [6.45, 7) is 4.98. The van der Waals surface area contributed by atoms with Gasteiger partial charge in [-0.2, -0.15) is 0 Å². The van der Waals surface area contributed by atoms with Crippen LogP contribution in [0.4, 0.5) is 5.69 Å². The summed E-state index contributed by atoms with van der Waals surface area (Å²) in [5.41, 5.74) is 0.935. The van der Waals surface area contributed by atoms with Gasteiger partial charge in [-0.1, -0.05) is 54.9 Å². The van der Waals surface area contributed by atoms with Crippen molar-refractivity contribution >= 4 is 39.1 Å². The molecule has 8 nitrogen and oxygen atoms in total. The van der Waals surface area contributed by atoms with Crippen molar-refractivity contribution < 1.29 is 22.7 Å². The van der Waals surface area contributed by atoms with Crippen LogP contribution in [0.1, 0.15) is 32.8 Å². The van der Waals surface area contributed by atoms with Gasteiger partial charge in [-0.15, -0.1) is 0 Å². The van der Waals surface area contributed by atoms with Crippen LogP contribution >= 0.6 is 11.6 Å². The van der Waals surface area contributed by atoms with Gasteiger partial charge in [-0.05, 0) is 68.3 Å². The van der Waals surface area contributed by atoms with Gasteiger partial charge in [0.15, 0.2) is 0 Å². The maximum absolute atomic E-state index is 13.7. The van der Waals surface area contributed by atoms with Crippen LogP contribution in [0.15, 0.2) is 78.9 Å². The number of para-hydroxylation sites is 1. The summed E-state index contributed by atoms with van der Waals surface area (Å²) in [4.78, 5) is 28.0. The minimum absolute atomic E-state index is 0.0368. The zero-order valence-corrected chi connectivity index (χ0v) is 24.1.